The van der Waals surface area contributed by atoms with Gasteiger partial charge in [-0.15, -0.1) is 0 Å². The number of carbonyl (C=O) groups excluding carboxylic acids is 2. The van der Waals surface area contributed by atoms with Crippen molar-refractivity contribution in [1.82, 2.24) is 9.62 Å². The number of benzene rings is 2. The van der Waals surface area contributed by atoms with Crippen LogP contribution in [-0.2, 0) is 21.4 Å². The molecule has 1 heterocycles. The van der Waals surface area contributed by atoms with Gasteiger partial charge < -0.3 is 16.4 Å². The van der Waals surface area contributed by atoms with Crippen LogP contribution in [0.3, 0.4) is 0 Å². The summed E-state index contributed by atoms with van der Waals surface area (Å²) in [6, 6.07) is 14.7. The third-order valence-corrected chi connectivity index (χ3v) is 6.81. The molecule has 2 aromatic carbocycles. The summed E-state index contributed by atoms with van der Waals surface area (Å²) in [5.41, 5.74) is 6.53. The molecule has 0 spiro atoms. The van der Waals surface area contributed by atoms with Crippen molar-refractivity contribution in [2.75, 3.05) is 18.4 Å². The van der Waals surface area contributed by atoms with Gasteiger partial charge in [0.15, 0.2) is 0 Å². The first-order chi connectivity index (χ1) is 13.9. The van der Waals surface area contributed by atoms with Crippen LogP contribution in [-0.4, -0.2) is 37.8 Å². The number of anilines is 1. The third kappa shape index (κ3) is 5.33. The normalized spacial score (nSPS) is 15.6. The molecule has 29 heavy (non-hydrogen) atoms. The Hall–Kier alpha value is -2.91. The van der Waals surface area contributed by atoms with Crippen molar-refractivity contribution in [3.63, 3.8) is 0 Å². The third-order valence-electron chi connectivity index (χ3n) is 4.89. The summed E-state index contributed by atoms with van der Waals surface area (Å²) in [6.07, 6.45) is 0.971. The molecule has 0 aliphatic carbocycles. The fourth-order valence-electron chi connectivity index (χ4n) is 3.28. The smallest absolute Gasteiger partial charge is 0.316 e. The Kier molecular flexibility index (Phi) is 6.50. The maximum absolute atomic E-state index is 12.7. The molecule has 8 nitrogen and oxygen atoms in total. The molecule has 9 heteroatoms. The monoisotopic (exact) mass is 416 g/mol. The Labute approximate surface area is 170 Å². The van der Waals surface area contributed by atoms with E-state index in [1.807, 2.05) is 0 Å². The molecule has 1 aliphatic heterocycles. The van der Waals surface area contributed by atoms with Crippen molar-refractivity contribution in [3.05, 3.63) is 60.2 Å². The molecule has 3 rings (SSSR count). The molecule has 0 aromatic heterocycles. The molecule has 0 saturated carbocycles. The minimum atomic E-state index is -3.52. The van der Waals surface area contributed by atoms with Gasteiger partial charge in [0.25, 0.3) is 0 Å². The number of carbonyl (C=O) groups is 2. The van der Waals surface area contributed by atoms with Crippen LogP contribution in [0.2, 0.25) is 0 Å². The van der Waals surface area contributed by atoms with E-state index in [4.69, 9.17) is 5.73 Å². The minimum Gasteiger partial charge on any atom is -0.352 e. The van der Waals surface area contributed by atoms with Gasteiger partial charge in [0.2, 0.25) is 15.9 Å². The number of nitrogens with two attached hydrogens (primary N) is 1. The topological polar surface area (TPSA) is 122 Å². The molecule has 1 fully saturated rings. The summed E-state index contributed by atoms with van der Waals surface area (Å²) in [5, 5.41) is 5.37. The highest BCUT2D eigenvalue weighted by molar-refractivity contribution is 7.89. The molecule has 1 saturated heterocycles. The van der Waals surface area contributed by atoms with Crippen molar-refractivity contribution in [2.24, 2.45) is 11.7 Å². The second kappa shape index (κ2) is 9.06. The van der Waals surface area contributed by atoms with Gasteiger partial charge in [-0.2, -0.15) is 4.31 Å². The molecule has 154 valence electrons. The van der Waals surface area contributed by atoms with E-state index in [1.54, 1.807) is 54.6 Å². The van der Waals surface area contributed by atoms with Crippen LogP contribution >= 0.6 is 0 Å². The number of sulfonamides is 1. The van der Waals surface area contributed by atoms with Crippen molar-refractivity contribution < 1.29 is 18.0 Å². The maximum Gasteiger partial charge on any atom is 0.316 e. The summed E-state index contributed by atoms with van der Waals surface area (Å²) in [4.78, 5) is 23.6. The summed E-state index contributed by atoms with van der Waals surface area (Å²) >= 11 is 0. The van der Waals surface area contributed by atoms with Crippen LogP contribution in [0.25, 0.3) is 0 Å². The second-order valence-electron chi connectivity index (χ2n) is 6.90. The molecule has 0 unspecified atom stereocenters. The standard InChI is InChI=1S/C20H24N4O4S/c21-20(26)23-17-8-6-15(7-9-17)14-22-19(25)16-10-12-24(13-11-16)29(27,28)18-4-2-1-3-5-18/h1-9,16H,10-14H2,(H,22,25)(H3,21,23,26). The average Bonchev–Trinajstić information content (AvgIpc) is 2.73. The van der Waals surface area contributed by atoms with Crippen LogP contribution < -0.4 is 16.4 Å². The Morgan fingerprint density at radius 2 is 1.62 bits per heavy atom. The van der Waals surface area contributed by atoms with Gasteiger partial charge in [-0.1, -0.05) is 30.3 Å². The highest BCUT2D eigenvalue weighted by Crippen LogP contribution is 2.24. The Morgan fingerprint density at radius 3 is 2.21 bits per heavy atom. The van der Waals surface area contributed by atoms with Crippen LogP contribution in [0, 0.1) is 5.92 Å². The summed E-state index contributed by atoms with van der Waals surface area (Å²) < 4.78 is 26.8. The molecular formula is C20H24N4O4S. The number of urea groups is 1. The van der Waals surface area contributed by atoms with Crippen molar-refractivity contribution >= 4 is 27.6 Å². The molecule has 0 bridgehead atoms. The van der Waals surface area contributed by atoms with E-state index in [0.29, 0.717) is 38.2 Å². The molecule has 2 aromatic rings. The minimum absolute atomic E-state index is 0.0823. The Bertz CT molecular complexity index is 954. The first-order valence-corrected chi connectivity index (χ1v) is 10.8. The quantitative estimate of drug-likeness (QED) is 0.666. The van der Waals surface area contributed by atoms with Gasteiger partial charge in [-0.25, -0.2) is 13.2 Å². The van der Waals surface area contributed by atoms with E-state index >= 15 is 0 Å². The Morgan fingerprint density at radius 1 is 1.00 bits per heavy atom. The number of nitrogens with one attached hydrogen (secondary N) is 2. The molecule has 1 aliphatic rings. The zero-order valence-electron chi connectivity index (χ0n) is 15.9. The highest BCUT2D eigenvalue weighted by Gasteiger charge is 2.31. The van der Waals surface area contributed by atoms with Crippen LogP contribution in [0.15, 0.2) is 59.5 Å². The summed E-state index contributed by atoms with van der Waals surface area (Å²) in [5.74, 6) is -0.297. The zero-order valence-corrected chi connectivity index (χ0v) is 16.7. The van der Waals surface area contributed by atoms with E-state index in [-0.39, 0.29) is 16.7 Å². The van der Waals surface area contributed by atoms with E-state index in [9.17, 15) is 18.0 Å². The van der Waals surface area contributed by atoms with Crippen LogP contribution in [0.4, 0.5) is 10.5 Å². The number of hydrogen-bond acceptors (Lipinski definition) is 4. The van der Waals surface area contributed by atoms with Gasteiger partial charge in [0.1, 0.15) is 0 Å². The lowest BCUT2D eigenvalue weighted by molar-refractivity contribution is -0.126. The van der Waals surface area contributed by atoms with Crippen molar-refractivity contribution in [2.45, 2.75) is 24.3 Å². The van der Waals surface area contributed by atoms with Gasteiger partial charge in [-0.05, 0) is 42.7 Å². The van der Waals surface area contributed by atoms with Gasteiger partial charge in [-0.3, -0.25) is 4.79 Å². The largest absolute Gasteiger partial charge is 0.352 e. The van der Waals surface area contributed by atoms with Gasteiger partial charge >= 0.3 is 6.03 Å². The highest BCUT2D eigenvalue weighted by atomic mass is 32.2. The van der Waals surface area contributed by atoms with E-state index in [1.165, 1.54) is 4.31 Å². The fourth-order valence-corrected chi connectivity index (χ4v) is 4.77. The van der Waals surface area contributed by atoms with Crippen LogP contribution in [0.1, 0.15) is 18.4 Å². The number of piperidine rings is 1. The van der Waals surface area contributed by atoms with E-state index < -0.39 is 16.1 Å². The molecule has 0 atom stereocenters. The first kappa shape index (κ1) is 20.8. The predicted octanol–water partition coefficient (Wildman–Crippen LogP) is 1.89. The van der Waals surface area contributed by atoms with Gasteiger partial charge in [0, 0.05) is 31.2 Å². The van der Waals surface area contributed by atoms with Crippen molar-refractivity contribution in [1.29, 1.82) is 0 Å². The zero-order chi connectivity index (χ0) is 20.9. The average molecular weight is 417 g/mol. The number of rotatable bonds is 6. The lowest BCUT2D eigenvalue weighted by Crippen LogP contribution is -2.42. The van der Waals surface area contributed by atoms with E-state index in [2.05, 4.69) is 10.6 Å². The first-order valence-electron chi connectivity index (χ1n) is 9.34. The summed E-state index contributed by atoms with van der Waals surface area (Å²) in [7, 11) is -3.52. The SMILES string of the molecule is NC(=O)Nc1ccc(CNC(=O)C2CCN(S(=O)(=O)c3ccccc3)CC2)cc1. The Balaban J connectivity index is 1.49. The molecule has 0 radical (unpaired) electrons. The predicted molar refractivity (Wildman–Crippen MR) is 109 cm³/mol. The van der Waals surface area contributed by atoms with Gasteiger partial charge in [0.05, 0.1) is 4.90 Å². The number of primary amides is 1. The second-order valence-corrected chi connectivity index (χ2v) is 8.83. The lowest BCUT2D eigenvalue weighted by Gasteiger charge is -2.30. The molecular weight excluding hydrogens is 392 g/mol. The van der Waals surface area contributed by atoms with E-state index in [0.717, 1.165) is 5.56 Å². The van der Waals surface area contributed by atoms with Crippen LogP contribution in [0.5, 0.6) is 0 Å². The number of hydrogen-bond donors (Lipinski definition) is 3. The number of nitrogens with zero attached hydrogens (tertiary/aromatic N) is 1. The maximum atomic E-state index is 12.7. The fraction of sp³-hybridized carbons (Fsp3) is 0.300. The summed E-state index contributed by atoms with van der Waals surface area (Å²) in [6.45, 7) is 1.00. The number of amides is 3. The lowest BCUT2D eigenvalue weighted by atomic mass is 9.97. The molecule has 4 N–H and O–H groups in total. The van der Waals surface area contributed by atoms with Crippen molar-refractivity contribution in [3.8, 4) is 0 Å². The molecule has 3 amide bonds.